The molecule has 1 aromatic heterocycles. The van der Waals surface area contributed by atoms with Gasteiger partial charge in [-0.05, 0) is 35.2 Å². The first-order chi connectivity index (χ1) is 9.49. The second-order valence-electron chi connectivity index (χ2n) is 4.14. The second kappa shape index (κ2) is 8.16. The molecule has 0 aromatic carbocycles. The van der Waals surface area contributed by atoms with Gasteiger partial charge < -0.3 is 20.8 Å². The van der Waals surface area contributed by atoms with Gasteiger partial charge in [0.25, 0.3) is 0 Å². The second-order valence-corrected chi connectivity index (χ2v) is 4.92. The summed E-state index contributed by atoms with van der Waals surface area (Å²) in [6.45, 7) is 0.316. The molecule has 1 heterocycles. The normalized spacial score (nSPS) is 11.6. The Labute approximate surface area is 119 Å². The fraction of sp³-hybridized carbons (Fsp3) is 0.417. The zero-order chi connectivity index (χ0) is 15.0. The first kappa shape index (κ1) is 16.0. The van der Waals surface area contributed by atoms with E-state index < -0.39 is 24.0 Å². The van der Waals surface area contributed by atoms with Gasteiger partial charge in [0.05, 0.1) is 0 Å². The summed E-state index contributed by atoms with van der Waals surface area (Å²) in [7, 11) is 0. The third kappa shape index (κ3) is 6.19. The van der Waals surface area contributed by atoms with Crippen LogP contribution in [0.3, 0.4) is 0 Å². The van der Waals surface area contributed by atoms with Crippen molar-refractivity contribution in [3.63, 3.8) is 0 Å². The van der Waals surface area contributed by atoms with Gasteiger partial charge in [-0.1, -0.05) is 0 Å². The Morgan fingerprint density at radius 3 is 2.60 bits per heavy atom. The van der Waals surface area contributed by atoms with Crippen molar-refractivity contribution in [2.24, 2.45) is 0 Å². The monoisotopic (exact) mass is 300 g/mol. The molecular formula is C12H16N2O5S. The van der Waals surface area contributed by atoms with Gasteiger partial charge in [0, 0.05) is 13.0 Å². The number of nitrogens with one attached hydrogen (secondary N) is 2. The van der Waals surface area contributed by atoms with Crippen molar-refractivity contribution >= 4 is 29.3 Å². The van der Waals surface area contributed by atoms with Gasteiger partial charge in [0.2, 0.25) is 0 Å². The van der Waals surface area contributed by atoms with Crippen LogP contribution < -0.4 is 10.6 Å². The molecule has 8 heteroatoms. The smallest absolute Gasteiger partial charge is 0.326 e. The first-order valence-electron chi connectivity index (χ1n) is 5.99. The van der Waals surface area contributed by atoms with Gasteiger partial charge in [-0.25, -0.2) is 9.59 Å². The molecule has 0 aliphatic heterocycles. The zero-order valence-corrected chi connectivity index (χ0v) is 11.5. The fourth-order valence-electron chi connectivity index (χ4n) is 1.50. The average molecular weight is 300 g/mol. The molecule has 7 nitrogen and oxygen atoms in total. The van der Waals surface area contributed by atoms with Crippen LogP contribution in [0.2, 0.25) is 0 Å². The number of carboxylic acid groups (broad SMARTS) is 2. The van der Waals surface area contributed by atoms with E-state index in [1.54, 1.807) is 0 Å². The van der Waals surface area contributed by atoms with Gasteiger partial charge in [-0.2, -0.15) is 11.3 Å². The number of carboxylic acids is 2. The Bertz CT molecular complexity index is 460. The molecule has 0 bridgehead atoms. The van der Waals surface area contributed by atoms with Crippen molar-refractivity contribution in [2.75, 3.05) is 0 Å². The van der Waals surface area contributed by atoms with Crippen LogP contribution in [0.1, 0.15) is 24.8 Å². The first-order valence-corrected chi connectivity index (χ1v) is 6.93. The van der Waals surface area contributed by atoms with Gasteiger partial charge >= 0.3 is 18.0 Å². The molecule has 0 aliphatic rings. The summed E-state index contributed by atoms with van der Waals surface area (Å²) in [5, 5.41) is 26.1. The van der Waals surface area contributed by atoms with Crippen molar-refractivity contribution in [2.45, 2.75) is 31.8 Å². The predicted molar refractivity (Wildman–Crippen MR) is 72.6 cm³/mol. The number of hydrogen-bond donors (Lipinski definition) is 4. The molecule has 1 aromatic rings. The summed E-state index contributed by atoms with van der Waals surface area (Å²) < 4.78 is 0. The number of thiophene rings is 1. The highest BCUT2D eigenvalue weighted by Gasteiger charge is 2.19. The lowest BCUT2D eigenvalue weighted by Gasteiger charge is -2.14. The lowest BCUT2D eigenvalue weighted by molar-refractivity contribution is -0.140. The maximum atomic E-state index is 11.6. The summed E-state index contributed by atoms with van der Waals surface area (Å²) in [5.74, 6) is -2.17. The number of carbonyl (C=O) groups excluding carboxylic acids is 1. The van der Waals surface area contributed by atoms with E-state index >= 15 is 0 Å². The van der Waals surface area contributed by atoms with Crippen molar-refractivity contribution in [3.05, 3.63) is 22.4 Å². The van der Waals surface area contributed by atoms with Crippen LogP contribution in [0.15, 0.2) is 16.8 Å². The summed E-state index contributed by atoms with van der Waals surface area (Å²) in [6.07, 6.45) is 0.145. The maximum absolute atomic E-state index is 11.6. The van der Waals surface area contributed by atoms with Crippen molar-refractivity contribution in [3.8, 4) is 0 Å². The molecule has 1 atom stereocenters. The van der Waals surface area contributed by atoms with Crippen LogP contribution in [-0.4, -0.2) is 34.2 Å². The number of hydrogen-bond acceptors (Lipinski definition) is 4. The van der Waals surface area contributed by atoms with Gasteiger partial charge in [0.1, 0.15) is 6.04 Å². The van der Waals surface area contributed by atoms with Crippen molar-refractivity contribution < 1.29 is 24.6 Å². The van der Waals surface area contributed by atoms with Crippen LogP contribution >= 0.6 is 11.3 Å². The molecule has 0 unspecified atom stereocenters. The Morgan fingerprint density at radius 2 is 2.05 bits per heavy atom. The van der Waals surface area contributed by atoms with Crippen LogP contribution in [0.25, 0.3) is 0 Å². The topological polar surface area (TPSA) is 116 Å². The van der Waals surface area contributed by atoms with Crippen LogP contribution in [0, 0.1) is 0 Å². The number of rotatable bonds is 8. The molecule has 20 heavy (non-hydrogen) atoms. The molecule has 1 rings (SSSR count). The number of urea groups is 1. The SMILES string of the molecule is O=C(O)CCC[C@@H](NC(=O)NCc1ccsc1)C(=O)O. The largest absolute Gasteiger partial charge is 0.481 e. The average Bonchev–Trinajstić information content (AvgIpc) is 2.87. The number of aliphatic carboxylic acids is 2. The molecule has 0 saturated carbocycles. The molecule has 0 saturated heterocycles. The number of carbonyl (C=O) groups is 3. The Hall–Kier alpha value is -2.09. The molecular weight excluding hydrogens is 284 g/mol. The van der Waals surface area contributed by atoms with E-state index in [0.29, 0.717) is 6.54 Å². The Morgan fingerprint density at radius 1 is 1.30 bits per heavy atom. The lowest BCUT2D eigenvalue weighted by atomic mass is 10.1. The van der Waals surface area contributed by atoms with E-state index in [0.717, 1.165) is 5.56 Å². The van der Waals surface area contributed by atoms with Crippen LogP contribution in [-0.2, 0) is 16.1 Å². The van der Waals surface area contributed by atoms with E-state index in [4.69, 9.17) is 10.2 Å². The fourth-order valence-corrected chi connectivity index (χ4v) is 2.17. The van der Waals surface area contributed by atoms with Crippen molar-refractivity contribution in [1.82, 2.24) is 10.6 Å². The minimum atomic E-state index is -1.18. The summed E-state index contributed by atoms with van der Waals surface area (Å²) >= 11 is 1.50. The van der Waals surface area contributed by atoms with Crippen LogP contribution in [0.4, 0.5) is 4.79 Å². The van der Waals surface area contributed by atoms with Crippen molar-refractivity contribution in [1.29, 1.82) is 0 Å². The quantitative estimate of drug-likeness (QED) is 0.576. The number of amides is 2. The molecule has 110 valence electrons. The highest BCUT2D eigenvalue weighted by atomic mass is 32.1. The third-order valence-corrected chi connectivity index (χ3v) is 3.25. The zero-order valence-electron chi connectivity index (χ0n) is 10.7. The van der Waals surface area contributed by atoms with E-state index in [1.165, 1.54) is 11.3 Å². The molecule has 0 spiro atoms. The Kier molecular flexibility index (Phi) is 6.51. The van der Waals surface area contributed by atoms with Gasteiger partial charge in [-0.15, -0.1) is 0 Å². The van der Waals surface area contributed by atoms with Gasteiger partial charge in [-0.3, -0.25) is 4.79 Å². The molecule has 0 radical (unpaired) electrons. The summed E-state index contributed by atoms with van der Waals surface area (Å²) in [4.78, 5) is 32.9. The predicted octanol–water partition coefficient (Wildman–Crippen LogP) is 1.26. The highest BCUT2D eigenvalue weighted by Crippen LogP contribution is 2.05. The lowest BCUT2D eigenvalue weighted by Crippen LogP contribution is -2.45. The molecule has 0 fully saturated rings. The highest BCUT2D eigenvalue weighted by molar-refractivity contribution is 7.07. The van der Waals surface area contributed by atoms with E-state index in [2.05, 4.69) is 10.6 Å². The minimum absolute atomic E-state index is 0.0769. The molecule has 0 aliphatic carbocycles. The third-order valence-electron chi connectivity index (χ3n) is 2.52. The summed E-state index contributed by atoms with van der Waals surface area (Å²) in [6, 6.07) is 0.183. The van der Waals surface area contributed by atoms with Gasteiger partial charge in [0.15, 0.2) is 0 Å². The maximum Gasteiger partial charge on any atom is 0.326 e. The molecule has 2 amide bonds. The van der Waals surface area contributed by atoms with E-state index in [-0.39, 0.29) is 19.3 Å². The van der Waals surface area contributed by atoms with E-state index in [1.807, 2.05) is 16.8 Å². The molecule has 4 N–H and O–H groups in total. The minimum Gasteiger partial charge on any atom is -0.481 e. The van der Waals surface area contributed by atoms with Crippen LogP contribution in [0.5, 0.6) is 0 Å². The summed E-state index contributed by atoms with van der Waals surface area (Å²) in [5.41, 5.74) is 0.933. The van der Waals surface area contributed by atoms with E-state index in [9.17, 15) is 14.4 Å². The Balaban J connectivity index is 2.34. The standard InChI is InChI=1S/C12H16N2O5S/c15-10(16)3-1-2-9(11(17)18)14-12(19)13-6-8-4-5-20-7-8/h4-5,7,9H,1-3,6H2,(H,15,16)(H,17,18)(H2,13,14,19)/t9-/m1/s1.